The van der Waals surface area contributed by atoms with Gasteiger partial charge in [-0.2, -0.15) is 0 Å². The first kappa shape index (κ1) is 21.7. The lowest BCUT2D eigenvalue weighted by atomic mass is 9.93. The minimum absolute atomic E-state index is 0.0705. The van der Waals surface area contributed by atoms with E-state index in [2.05, 4.69) is 15.9 Å². The van der Waals surface area contributed by atoms with Gasteiger partial charge in [0.25, 0.3) is 0 Å². The summed E-state index contributed by atoms with van der Waals surface area (Å²) in [5.41, 5.74) is 2.03. The number of carbonyl (C=O) groups is 3. The van der Waals surface area contributed by atoms with Gasteiger partial charge in [0.2, 0.25) is 5.91 Å². The smallest absolute Gasteiger partial charge is 0.323 e. The molecule has 0 heterocycles. The Balaban J connectivity index is 3.01. The highest BCUT2D eigenvalue weighted by Gasteiger charge is 2.24. The largest absolute Gasteiger partial charge is 0.480 e. The molecule has 0 spiro atoms. The maximum Gasteiger partial charge on any atom is 0.323 e. The fourth-order valence-corrected chi connectivity index (χ4v) is 3.65. The van der Waals surface area contributed by atoms with Crippen LogP contribution in [0.15, 0.2) is 16.6 Å². The monoisotopic (exact) mass is 429 g/mol. The van der Waals surface area contributed by atoms with Crippen molar-refractivity contribution in [3.05, 3.63) is 27.7 Å². The van der Waals surface area contributed by atoms with Gasteiger partial charge in [-0.3, -0.25) is 19.3 Å². The van der Waals surface area contributed by atoms with Gasteiger partial charge in [0.1, 0.15) is 6.54 Å². The fourth-order valence-electron chi connectivity index (χ4n) is 2.36. The third-order valence-corrected chi connectivity index (χ3v) is 5.18. The number of halogens is 1. The molecule has 0 saturated heterocycles. The summed E-state index contributed by atoms with van der Waals surface area (Å²) < 4.78 is 0.799. The van der Waals surface area contributed by atoms with E-state index in [4.69, 9.17) is 0 Å². The highest BCUT2D eigenvalue weighted by Crippen LogP contribution is 2.31. The van der Waals surface area contributed by atoms with Crippen molar-refractivity contribution in [3.8, 4) is 0 Å². The number of aryl methyl sites for hydroxylation is 1. The summed E-state index contributed by atoms with van der Waals surface area (Å²) in [4.78, 5) is 37.1. The van der Waals surface area contributed by atoms with Crippen LogP contribution in [0.5, 0.6) is 0 Å². The van der Waals surface area contributed by atoms with E-state index < -0.39 is 12.5 Å². The summed E-state index contributed by atoms with van der Waals surface area (Å²) in [6.07, 6.45) is 0.360. The molecule has 0 saturated carbocycles. The van der Waals surface area contributed by atoms with E-state index in [0.29, 0.717) is 12.1 Å². The predicted molar refractivity (Wildman–Crippen MR) is 105 cm³/mol. The SMILES string of the molecule is Cc1ccc(Br)c(C)c1N(CC(=O)O)C(=O)CSC(=O)CC(C)(C)C. The quantitative estimate of drug-likeness (QED) is 0.733. The van der Waals surface area contributed by atoms with E-state index in [9.17, 15) is 19.5 Å². The molecule has 5 nitrogen and oxygen atoms in total. The molecule has 7 heteroatoms. The first-order valence-electron chi connectivity index (χ1n) is 7.86. The van der Waals surface area contributed by atoms with Crippen LogP contribution in [-0.4, -0.2) is 34.4 Å². The van der Waals surface area contributed by atoms with Gasteiger partial charge in [-0.15, -0.1) is 0 Å². The lowest BCUT2D eigenvalue weighted by molar-refractivity contribution is -0.136. The van der Waals surface area contributed by atoms with Crippen molar-refractivity contribution in [1.82, 2.24) is 0 Å². The number of benzene rings is 1. The molecule has 0 aliphatic rings. The van der Waals surface area contributed by atoms with Gasteiger partial charge in [-0.1, -0.05) is 54.5 Å². The molecular formula is C18H24BrNO4S. The summed E-state index contributed by atoms with van der Waals surface area (Å²) in [6, 6.07) is 3.69. The van der Waals surface area contributed by atoms with Gasteiger partial charge in [0, 0.05) is 10.9 Å². The topological polar surface area (TPSA) is 74.7 Å². The number of nitrogens with zero attached hydrogens (tertiary/aromatic N) is 1. The summed E-state index contributed by atoms with van der Waals surface area (Å²) >= 11 is 4.36. The van der Waals surface area contributed by atoms with Crippen molar-refractivity contribution in [2.24, 2.45) is 5.41 Å². The lowest BCUT2D eigenvalue weighted by Gasteiger charge is -2.25. The first-order chi connectivity index (χ1) is 11.4. The van der Waals surface area contributed by atoms with Crippen molar-refractivity contribution in [2.75, 3.05) is 17.2 Å². The van der Waals surface area contributed by atoms with Crippen LogP contribution in [0.2, 0.25) is 0 Å². The molecule has 0 aliphatic carbocycles. The van der Waals surface area contributed by atoms with Crippen LogP contribution in [0.4, 0.5) is 5.69 Å². The Kier molecular flexibility index (Phi) is 7.68. The van der Waals surface area contributed by atoms with E-state index in [1.165, 1.54) is 4.90 Å². The minimum Gasteiger partial charge on any atom is -0.480 e. The van der Waals surface area contributed by atoms with Crippen molar-refractivity contribution >= 4 is 50.4 Å². The third kappa shape index (κ3) is 6.82. The van der Waals surface area contributed by atoms with E-state index in [1.54, 1.807) is 0 Å². The van der Waals surface area contributed by atoms with E-state index in [-0.39, 0.29) is 22.2 Å². The second-order valence-corrected chi connectivity index (χ2v) is 9.00. The zero-order chi connectivity index (χ0) is 19.4. The van der Waals surface area contributed by atoms with Gasteiger partial charge in [-0.25, -0.2) is 0 Å². The Bertz CT molecular complexity index is 682. The second-order valence-electron chi connectivity index (χ2n) is 7.11. The highest BCUT2D eigenvalue weighted by atomic mass is 79.9. The molecule has 0 unspecified atom stereocenters. The average Bonchev–Trinajstić information content (AvgIpc) is 2.46. The van der Waals surface area contributed by atoms with Crippen LogP contribution in [0.1, 0.15) is 38.3 Å². The maximum absolute atomic E-state index is 12.6. The molecular weight excluding hydrogens is 406 g/mol. The number of thioether (sulfide) groups is 1. The third-order valence-electron chi connectivity index (χ3n) is 3.46. The van der Waals surface area contributed by atoms with Crippen LogP contribution in [0.3, 0.4) is 0 Å². The molecule has 0 aliphatic heterocycles. The molecule has 1 rings (SSSR count). The maximum atomic E-state index is 12.6. The first-order valence-corrected chi connectivity index (χ1v) is 9.63. The molecule has 0 fully saturated rings. The van der Waals surface area contributed by atoms with Crippen LogP contribution in [-0.2, 0) is 14.4 Å². The molecule has 138 valence electrons. The molecule has 0 bridgehead atoms. The van der Waals surface area contributed by atoms with Gasteiger partial charge in [-0.05, 0) is 36.5 Å². The predicted octanol–water partition coefficient (Wildman–Crippen LogP) is 4.18. The standard InChI is InChI=1S/C18H24BrNO4S/c1-11-6-7-13(19)12(2)17(11)20(9-15(22)23)14(21)10-25-16(24)8-18(3,4)5/h6-7H,8-10H2,1-5H3,(H,22,23). The van der Waals surface area contributed by atoms with Gasteiger partial charge in [0.15, 0.2) is 5.12 Å². The fraction of sp³-hybridized carbons (Fsp3) is 0.500. The number of carbonyl (C=O) groups excluding carboxylic acids is 2. The Morgan fingerprint density at radius 3 is 2.32 bits per heavy atom. The summed E-state index contributed by atoms with van der Waals surface area (Å²) in [6.45, 7) is 9.08. The van der Waals surface area contributed by atoms with Crippen molar-refractivity contribution in [2.45, 2.75) is 41.0 Å². The Morgan fingerprint density at radius 2 is 1.80 bits per heavy atom. The highest BCUT2D eigenvalue weighted by molar-refractivity contribution is 9.10. The molecule has 0 radical (unpaired) electrons. The van der Waals surface area contributed by atoms with Crippen molar-refractivity contribution < 1.29 is 19.5 Å². The lowest BCUT2D eigenvalue weighted by Crippen LogP contribution is -2.38. The van der Waals surface area contributed by atoms with Crippen LogP contribution in [0.25, 0.3) is 0 Å². The van der Waals surface area contributed by atoms with Gasteiger partial charge >= 0.3 is 5.97 Å². The Morgan fingerprint density at radius 1 is 1.20 bits per heavy atom. The van der Waals surface area contributed by atoms with Crippen LogP contribution < -0.4 is 4.90 Å². The zero-order valence-electron chi connectivity index (χ0n) is 15.2. The summed E-state index contributed by atoms with van der Waals surface area (Å²) in [7, 11) is 0. The molecule has 25 heavy (non-hydrogen) atoms. The molecule has 1 aromatic carbocycles. The minimum atomic E-state index is -1.10. The molecule has 0 atom stereocenters. The number of anilines is 1. The number of carboxylic acids is 1. The normalized spacial score (nSPS) is 11.3. The second kappa shape index (κ2) is 8.85. The number of carboxylic acid groups (broad SMARTS) is 1. The number of hydrogen-bond donors (Lipinski definition) is 1. The Hall–Kier alpha value is -1.34. The van der Waals surface area contributed by atoms with E-state index in [1.807, 2.05) is 46.8 Å². The zero-order valence-corrected chi connectivity index (χ0v) is 17.6. The van der Waals surface area contributed by atoms with Crippen LogP contribution >= 0.6 is 27.7 Å². The number of hydrogen-bond acceptors (Lipinski definition) is 4. The number of rotatable bonds is 6. The number of amides is 1. The van der Waals surface area contributed by atoms with Crippen molar-refractivity contribution in [3.63, 3.8) is 0 Å². The number of aliphatic carboxylic acids is 1. The van der Waals surface area contributed by atoms with Gasteiger partial charge < -0.3 is 5.11 Å². The molecule has 0 aromatic heterocycles. The molecule has 1 aromatic rings. The Labute approximate surface area is 161 Å². The molecule has 1 N–H and O–H groups in total. The molecule has 1 amide bonds. The van der Waals surface area contributed by atoms with Gasteiger partial charge in [0.05, 0.1) is 11.4 Å². The summed E-state index contributed by atoms with van der Waals surface area (Å²) in [5.74, 6) is -1.56. The van der Waals surface area contributed by atoms with E-state index >= 15 is 0 Å². The van der Waals surface area contributed by atoms with E-state index in [0.717, 1.165) is 27.4 Å². The average molecular weight is 430 g/mol. The van der Waals surface area contributed by atoms with Crippen molar-refractivity contribution in [1.29, 1.82) is 0 Å². The summed E-state index contributed by atoms with van der Waals surface area (Å²) in [5, 5.41) is 9.13. The van der Waals surface area contributed by atoms with Crippen LogP contribution in [0, 0.1) is 19.3 Å².